The van der Waals surface area contributed by atoms with Crippen LogP contribution in [0, 0.1) is 6.92 Å². The molecule has 0 spiro atoms. The molecule has 3 aromatic rings. The third-order valence-electron chi connectivity index (χ3n) is 3.65. The number of aryl methyl sites for hydroxylation is 1. The van der Waals surface area contributed by atoms with Gasteiger partial charge in [-0.05, 0) is 31.2 Å². The molecule has 134 valence electrons. The van der Waals surface area contributed by atoms with Crippen LogP contribution in [0.5, 0.6) is 11.5 Å². The van der Waals surface area contributed by atoms with Gasteiger partial charge >= 0.3 is 0 Å². The van der Waals surface area contributed by atoms with Crippen molar-refractivity contribution in [2.45, 2.75) is 18.7 Å². The van der Waals surface area contributed by atoms with Crippen molar-refractivity contribution in [2.24, 2.45) is 0 Å². The molecule has 1 aromatic heterocycles. The number of carbonyl (C=O) groups excluding carboxylic acids is 1. The van der Waals surface area contributed by atoms with Gasteiger partial charge in [0.25, 0.3) is 0 Å². The number of aromatic amines is 1. The van der Waals surface area contributed by atoms with Gasteiger partial charge < -0.3 is 9.47 Å². The molecule has 0 fully saturated rings. The number of hydrogen-bond donors (Lipinski definition) is 1. The standard InChI is InChI=1S/C19H19N3O3S/c1-13-7-9-14(10-8-13)25-11-18-20-19(22-21-18)26-12-16(23)15-5-3-4-6-17(15)24-2/h3-10H,11-12H2,1-2H3,(H,20,21,22). The topological polar surface area (TPSA) is 77.1 Å². The van der Waals surface area contributed by atoms with Crippen LogP contribution < -0.4 is 9.47 Å². The van der Waals surface area contributed by atoms with Gasteiger partial charge in [-0.2, -0.15) is 0 Å². The predicted octanol–water partition coefficient (Wildman–Crippen LogP) is 3.68. The van der Waals surface area contributed by atoms with Gasteiger partial charge in [-0.25, -0.2) is 4.98 Å². The fourth-order valence-corrected chi connectivity index (χ4v) is 2.98. The summed E-state index contributed by atoms with van der Waals surface area (Å²) >= 11 is 1.27. The van der Waals surface area contributed by atoms with E-state index in [1.807, 2.05) is 43.3 Å². The summed E-state index contributed by atoms with van der Waals surface area (Å²) < 4.78 is 10.9. The minimum Gasteiger partial charge on any atom is -0.496 e. The highest BCUT2D eigenvalue weighted by molar-refractivity contribution is 7.99. The van der Waals surface area contributed by atoms with Gasteiger partial charge in [0, 0.05) is 0 Å². The second-order valence-corrected chi connectivity index (χ2v) is 6.52. The number of nitrogens with zero attached hydrogens (tertiary/aromatic N) is 2. The number of nitrogens with one attached hydrogen (secondary N) is 1. The lowest BCUT2D eigenvalue weighted by Crippen LogP contribution is -2.05. The van der Waals surface area contributed by atoms with Crippen LogP contribution >= 0.6 is 11.8 Å². The van der Waals surface area contributed by atoms with E-state index in [0.717, 1.165) is 5.75 Å². The van der Waals surface area contributed by atoms with Gasteiger partial charge in [0.2, 0.25) is 5.16 Å². The zero-order valence-corrected chi connectivity index (χ0v) is 15.4. The Morgan fingerprint density at radius 2 is 1.92 bits per heavy atom. The number of ketones is 1. The number of ether oxygens (including phenoxy) is 2. The van der Waals surface area contributed by atoms with Crippen LogP contribution in [-0.4, -0.2) is 33.8 Å². The van der Waals surface area contributed by atoms with E-state index in [1.54, 1.807) is 19.2 Å². The number of thioether (sulfide) groups is 1. The molecule has 0 amide bonds. The molecule has 0 saturated carbocycles. The maximum absolute atomic E-state index is 12.4. The summed E-state index contributed by atoms with van der Waals surface area (Å²) in [6.45, 7) is 2.31. The second-order valence-electron chi connectivity index (χ2n) is 5.58. The number of benzene rings is 2. The summed E-state index contributed by atoms with van der Waals surface area (Å²) in [7, 11) is 1.55. The van der Waals surface area contributed by atoms with E-state index in [-0.39, 0.29) is 18.1 Å². The van der Waals surface area contributed by atoms with Crippen LogP contribution in [0.25, 0.3) is 0 Å². The van der Waals surface area contributed by atoms with Crippen molar-refractivity contribution in [3.63, 3.8) is 0 Å². The number of methoxy groups -OCH3 is 1. The molecule has 0 bridgehead atoms. The number of aromatic nitrogens is 3. The molecule has 3 rings (SSSR count). The highest BCUT2D eigenvalue weighted by atomic mass is 32.2. The van der Waals surface area contributed by atoms with Crippen LogP contribution in [0.2, 0.25) is 0 Å². The molecular weight excluding hydrogens is 350 g/mol. The van der Waals surface area contributed by atoms with Crippen molar-refractivity contribution in [3.8, 4) is 11.5 Å². The van der Waals surface area contributed by atoms with Crippen molar-refractivity contribution in [3.05, 3.63) is 65.5 Å². The van der Waals surface area contributed by atoms with Crippen molar-refractivity contribution in [1.82, 2.24) is 15.2 Å². The molecule has 1 heterocycles. The first-order chi connectivity index (χ1) is 12.7. The number of Topliss-reactive ketones (excluding diaryl/α,β-unsaturated/α-hetero) is 1. The molecule has 0 saturated heterocycles. The Kier molecular flexibility index (Phi) is 5.91. The summed E-state index contributed by atoms with van der Waals surface area (Å²) in [5.41, 5.74) is 1.73. The molecule has 0 aliphatic carbocycles. The second kappa shape index (κ2) is 8.53. The fraction of sp³-hybridized carbons (Fsp3) is 0.211. The smallest absolute Gasteiger partial charge is 0.208 e. The first kappa shape index (κ1) is 18.0. The SMILES string of the molecule is COc1ccccc1C(=O)CSc1n[nH]c(COc2ccc(C)cc2)n1. The third-order valence-corrected chi connectivity index (χ3v) is 4.49. The van der Waals surface area contributed by atoms with Gasteiger partial charge in [0.15, 0.2) is 11.6 Å². The molecule has 0 radical (unpaired) electrons. The van der Waals surface area contributed by atoms with E-state index in [1.165, 1.54) is 17.3 Å². The molecule has 1 N–H and O–H groups in total. The van der Waals surface area contributed by atoms with Gasteiger partial charge in [0.05, 0.1) is 18.4 Å². The van der Waals surface area contributed by atoms with Crippen molar-refractivity contribution in [2.75, 3.05) is 12.9 Å². The van der Waals surface area contributed by atoms with E-state index in [9.17, 15) is 4.79 Å². The van der Waals surface area contributed by atoms with Gasteiger partial charge in [-0.1, -0.05) is 41.6 Å². The lowest BCUT2D eigenvalue weighted by atomic mass is 10.1. The number of para-hydroxylation sites is 1. The molecular formula is C19H19N3O3S. The fourth-order valence-electron chi connectivity index (χ4n) is 2.28. The van der Waals surface area contributed by atoms with Crippen molar-refractivity contribution < 1.29 is 14.3 Å². The minimum atomic E-state index is -0.0327. The number of H-pyrrole nitrogens is 1. The van der Waals surface area contributed by atoms with E-state index in [2.05, 4.69) is 15.2 Å². The van der Waals surface area contributed by atoms with Crippen LogP contribution in [0.3, 0.4) is 0 Å². The highest BCUT2D eigenvalue weighted by Crippen LogP contribution is 2.21. The lowest BCUT2D eigenvalue weighted by Gasteiger charge is -2.05. The average Bonchev–Trinajstić information content (AvgIpc) is 3.13. The Labute approximate surface area is 155 Å². The summed E-state index contributed by atoms with van der Waals surface area (Å²) in [4.78, 5) is 16.7. The summed E-state index contributed by atoms with van der Waals surface area (Å²) in [6, 6.07) is 15.0. The minimum absolute atomic E-state index is 0.0327. The third kappa shape index (κ3) is 4.64. The lowest BCUT2D eigenvalue weighted by molar-refractivity contribution is 0.101. The Balaban J connectivity index is 1.53. The summed E-state index contributed by atoms with van der Waals surface area (Å²) in [5, 5.41) is 7.45. The maximum Gasteiger partial charge on any atom is 0.208 e. The molecule has 2 aromatic carbocycles. The van der Waals surface area contributed by atoms with Gasteiger partial charge in [-0.3, -0.25) is 9.89 Å². The van der Waals surface area contributed by atoms with Crippen LogP contribution in [-0.2, 0) is 6.61 Å². The molecule has 26 heavy (non-hydrogen) atoms. The molecule has 0 atom stereocenters. The molecule has 7 heteroatoms. The van der Waals surface area contributed by atoms with E-state index in [0.29, 0.717) is 22.3 Å². The van der Waals surface area contributed by atoms with E-state index >= 15 is 0 Å². The quantitative estimate of drug-likeness (QED) is 0.482. The monoisotopic (exact) mass is 369 g/mol. The Bertz CT molecular complexity index is 878. The largest absolute Gasteiger partial charge is 0.496 e. The Hall–Kier alpha value is -2.80. The first-order valence-corrected chi connectivity index (χ1v) is 9.04. The van der Waals surface area contributed by atoms with E-state index < -0.39 is 0 Å². The summed E-state index contributed by atoms with van der Waals surface area (Å²) in [5.74, 6) is 2.15. The Morgan fingerprint density at radius 3 is 2.69 bits per heavy atom. The predicted molar refractivity (Wildman–Crippen MR) is 99.9 cm³/mol. The van der Waals surface area contributed by atoms with E-state index in [4.69, 9.17) is 9.47 Å². The maximum atomic E-state index is 12.4. The molecule has 6 nitrogen and oxygen atoms in total. The van der Waals surface area contributed by atoms with Crippen LogP contribution in [0.4, 0.5) is 0 Å². The number of carbonyl (C=O) groups is 1. The average molecular weight is 369 g/mol. The van der Waals surface area contributed by atoms with Gasteiger partial charge in [-0.15, -0.1) is 5.10 Å². The molecule has 0 unspecified atom stereocenters. The first-order valence-electron chi connectivity index (χ1n) is 8.05. The Morgan fingerprint density at radius 1 is 1.15 bits per heavy atom. The van der Waals surface area contributed by atoms with Crippen LogP contribution in [0.15, 0.2) is 53.7 Å². The molecule has 0 aliphatic heterocycles. The molecule has 0 aliphatic rings. The van der Waals surface area contributed by atoms with Crippen molar-refractivity contribution >= 4 is 17.5 Å². The zero-order chi connectivity index (χ0) is 18.4. The van der Waals surface area contributed by atoms with Gasteiger partial charge in [0.1, 0.15) is 18.1 Å². The number of rotatable bonds is 8. The highest BCUT2D eigenvalue weighted by Gasteiger charge is 2.13. The van der Waals surface area contributed by atoms with Crippen LogP contribution in [0.1, 0.15) is 21.7 Å². The normalized spacial score (nSPS) is 10.5. The summed E-state index contributed by atoms with van der Waals surface area (Å²) in [6.07, 6.45) is 0. The number of hydrogen-bond acceptors (Lipinski definition) is 6. The zero-order valence-electron chi connectivity index (χ0n) is 14.6. The van der Waals surface area contributed by atoms with Crippen molar-refractivity contribution in [1.29, 1.82) is 0 Å².